The summed E-state index contributed by atoms with van der Waals surface area (Å²) in [7, 11) is 2.84. The number of hydrazine groups is 1. The number of carbonyl (C=O) groups excluding carboxylic acids is 2. The molecule has 0 unspecified atom stereocenters. The molecular weight excluding hydrogens is 374 g/mol. The number of hydrogen-bond acceptors (Lipinski definition) is 6. The number of hydrogen-bond donors (Lipinski definition) is 2. The van der Waals surface area contributed by atoms with Crippen molar-refractivity contribution in [1.82, 2.24) is 10.9 Å². The van der Waals surface area contributed by atoms with Gasteiger partial charge in [0.15, 0.2) is 18.1 Å². The second kappa shape index (κ2) is 9.31. The number of ether oxygens (including phenoxy) is 3. The van der Waals surface area contributed by atoms with E-state index in [0.717, 1.165) is 0 Å². The van der Waals surface area contributed by atoms with Crippen LogP contribution in [-0.4, -0.2) is 32.6 Å². The van der Waals surface area contributed by atoms with E-state index in [1.807, 2.05) is 6.07 Å². The molecule has 0 aliphatic carbocycles. The molecule has 140 valence electrons. The van der Waals surface area contributed by atoms with Gasteiger partial charge in [-0.3, -0.25) is 20.4 Å². The summed E-state index contributed by atoms with van der Waals surface area (Å²) in [6.07, 6.45) is 0. The first-order valence-corrected chi connectivity index (χ1v) is 8.00. The highest BCUT2D eigenvalue weighted by atomic mass is 35.5. The highest BCUT2D eigenvalue weighted by molar-refractivity contribution is 6.32. The average molecular weight is 390 g/mol. The Bertz CT molecular complexity index is 895. The number of halogens is 1. The fourth-order valence-corrected chi connectivity index (χ4v) is 2.40. The van der Waals surface area contributed by atoms with Gasteiger partial charge < -0.3 is 14.2 Å². The summed E-state index contributed by atoms with van der Waals surface area (Å²) in [6.45, 7) is -0.383. The molecule has 0 spiro atoms. The first kappa shape index (κ1) is 19.9. The zero-order chi connectivity index (χ0) is 19.8. The minimum atomic E-state index is -0.609. The summed E-state index contributed by atoms with van der Waals surface area (Å²) in [5, 5.41) is 9.16. The lowest BCUT2D eigenvalue weighted by atomic mass is 10.2. The van der Waals surface area contributed by atoms with E-state index >= 15 is 0 Å². The zero-order valence-electron chi connectivity index (χ0n) is 14.5. The van der Waals surface area contributed by atoms with E-state index in [1.165, 1.54) is 26.4 Å². The van der Waals surface area contributed by atoms with Crippen molar-refractivity contribution in [3.8, 4) is 23.3 Å². The molecule has 0 radical (unpaired) electrons. The van der Waals surface area contributed by atoms with Crippen molar-refractivity contribution >= 4 is 23.4 Å². The summed E-state index contributed by atoms with van der Waals surface area (Å²) < 4.78 is 15.5. The molecule has 0 fully saturated rings. The molecule has 2 N–H and O–H groups in total. The molecule has 2 rings (SSSR count). The number of benzene rings is 2. The predicted molar refractivity (Wildman–Crippen MR) is 96.8 cm³/mol. The topological polar surface area (TPSA) is 110 Å². The summed E-state index contributed by atoms with van der Waals surface area (Å²) in [5.74, 6) is -0.373. The molecular formula is C18H16ClN3O5. The Labute approximate surface area is 160 Å². The van der Waals surface area contributed by atoms with Crippen LogP contribution in [0, 0.1) is 11.3 Å². The molecule has 0 saturated heterocycles. The molecule has 0 saturated carbocycles. The Morgan fingerprint density at radius 1 is 1.11 bits per heavy atom. The molecule has 9 heteroatoms. The van der Waals surface area contributed by atoms with Gasteiger partial charge >= 0.3 is 0 Å². The van der Waals surface area contributed by atoms with Crippen LogP contribution in [-0.2, 0) is 4.79 Å². The largest absolute Gasteiger partial charge is 0.493 e. The SMILES string of the molecule is COc1cc(C(=O)NNC(=O)COc2ccccc2C#N)cc(Cl)c1OC. The van der Waals surface area contributed by atoms with Crippen LogP contribution in [0.15, 0.2) is 36.4 Å². The lowest BCUT2D eigenvalue weighted by molar-refractivity contribution is -0.123. The summed E-state index contributed by atoms with van der Waals surface area (Å²) in [5.41, 5.74) is 4.91. The Morgan fingerprint density at radius 2 is 1.85 bits per heavy atom. The van der Waals surface area contributed by atoms with Gasteiger partial charge in [-0.05, 0) is 24.3 Å². The Hall–Kier alpha value is -3.44. The third-order valence-electron chi connectivity index (χ3n) is 3.38. The number of nitrogens with one attached hydrogen (secondary N) is 2. The van der Waals surface area contributed by atoms with E-state index in [1.54, 1.807) is 24.3 Å². The maximum atomic E-state index is 12.2. The first-order chi connectivity index (χ1) is 13.0. The molecule has 0 atom stereocenters. The van der Waals surface area contributed by atoms with E-state index in [4.69, 9.17) is 31.1 Å². The standard InChI is InChI=1S/C18H16ClN3O5/c1-25-15-8-12(7-13(19)17(15)26-2)18(24)22-21-16(23)10-27-14-6-4-3-5-11(14)9-20/h3-8H,10H2,1-2H3,(H,21,23)(H,22,24). The number of nitrogens with zero attached hydrogens (tertiary/aromatic N) is 1. The molecule has 0 bridgehead atoms. The van der Waals surface area contributed by atoms with Gasteiger partial charge in [0.1, 0.15) is 11.8 Å². The van der Waals surface area contributed by atoms with Crippen molar-refractivity contribution in [2.45, 2.75) is 0 Å². The second-order valence-corrected chi connectivity index (χ2v) is 5.50. The number of carbonyl (C=O) groups is 2. The lowest BCUT2D eigenvalue weighted by Crippen LogP contribution is -2.43. The van der Waals surface area contributed by atoms with Gasteiger partial charge in [-0.1, -0.05) is 23.7 Å². The van der Waals surface area contributed by atoms with Crippen LogP contribution in [0.2, 0.25) is 5.02 Å². The monoisotopic (exact) mass is 389 g/mol. The molecule has 2 aromatic rings. The number of nitriles is 1. The maximum absolute atomic E-state index is 12.2. The van der Waals surface area contributed by atoms with Gasteiger partial charge in [-0.2, -0.15) is 5.26 Å². The van der Waals surface area contributed by atoms with Crippen molar-refractivity contribution in [3.05, 3.63) is 52.5 Å². The van der Waals surface area contributed by atoms with Gasteiger partial charge in [-0.25, -0.2) is 0 Å². The third-order valence-corrected chi connectivity index (χ3v) is 3.66. The molecule has 0 aromatic heterocycles. The summed E-state index contributed by atoms with van der Waals surface area (Å²) in [6, 6.07) is 11.2. The van der Waals surface area contributed by atoms with E-state index < -0.39 is 11.8 Å². The molecule has 2 amide bonds. The van der Waals surface area contributed by atoms with E-state index in [0.29, 0.717) is 11.3 Å². The van der Waals surface area contributed by atoms with Crippen LogP contribution in [0.1, 0.15) is 15.9 Å². The predicted octanol–water partition coefficient (Wildman–Crippen LogP) is 2.07. The highest BCUT2D eigenvalue weighted by Gasteiger charge is 2.16. The second-order valence-electron chi connectivity index (χ2n) is 5.09. The van der Waals surface area contributed by atoms with Gasteiger partial charge in [0.25, 0.3) is 11.8 Å². The normalized spacial score (nSPS) is 9.70. The molecule has 0 aliphatic heterocycles. The Kier molecular flexibility index (Phi) is 6.86. The van der Waals surface area contributed by atoms with Gasteiger partial charge in [0.2, 0.25) is 0 Å². The van der Waals surface area contributed by atoms with Crippen molar-refractivity contribution < 1.29 is 23.8 Å². The van der Waals surface area contributed by atoms with Crippen LogP contribution in [0.4, 0.5) is 0 Å². The number of rotatable bonds is 6. The van der Waals surface area contributed by atoms with Crippen LogP contribution < -0.4 is 25.1 Å². The summed E-state index contributed by atoms with van der Waals surface area (Å²) in [4.78, 5) is 24.0. The molecule has 8 nitrogen and oxygen atoms in total. The Balaban J connectivity index is 1.94. The van der Waals surface area contributed by atoms with Gasteiger partial charge in [0, 0.05) is 5.56 Å². The third kappa shape index (κ3) is 5.03. The van der Waals surface area contributed by atoms with Crippen molar-refractivity contribution in [2.75, 3.05) is 20.8 Å². The molecule has 2 aromatic carbocycles. The van der Waals surface area contributed by atoms with E-state index in [2.05, 4.69) is 10.9 Å². The molecule has 0 aliphatic rings. The smallest absolute Gasteiger partial charge is 0.276 e. The lowest BCUT2D eigenvalue weighted by Gasteiger charge is -2.12. The number of amides is 2. The first-order valence-electron chi connectivity index (χ1n) is 7.62. The van der Waals surface area contributed by atoms with Crippen LogP contribution in [0.5, 0.6) is 17.2 Å². The zero-order valence-corrected chi connectivity index (χ0v) is 15.3. The highest BCUT2D eigenvalue weighted by Crippen LogP contribution is 2.35. The Morgan fingerprint density at radius 3 is 2.52 bits per heavy atom. The number of methoxy groups -OCH3 is 2. The average Bonchev–Trinajstić information content (AvgIpc) is 2.69. The van der Waals surface area contributed by atoms with E-state index in [9.17, 15) is 9.59 Å². The van der Waals surface area contributed by atoms with Gasteiger partial charge in [0.05, 0.1) is 24.8 Å². The maximum Gasteiger partial charge on any atom is 0.276 e. The van der Waals surface area contributed by atoms with Crippen molar-refractivity contribution in [2.24, 2.45) is 0 Å². The van der Waals surface area contributed by atoms with Crippen LogP contribution in [0.25, 0.3) is 0 Å². The fraction of sp³-hybridized carbons (Fsp3) is 0.167. The number of para-hydroxylation sites is 1. The minimum Gasteiger partial charge on any atom is -0.493 e. The van der Waals surface area contributed by atoms with Crippen LogP contribution >= 0.6 is 11.6 Å². The minimum absolute atomic E-state index is 0.161. The molecule has 0 heterocycles. The van der Waals surface area contributed by atoms with Crippen molar-refractivity contribution in [1.29, 1.82) is 5.26 Å². The van der Waals surface area contributed by atoms with Crippen LogP contribution in [0.3, 0.4) is 0 Å². The molecule has 27 heavy (non-hydrogen) atoms. The van der Waals surface area contributed by atoms with Gasteiger partial charge in [-0.15, -0.1) is 0 Å². The van der Waals surface area contributed by atoms with E-state index in [-0.39, 0.29) is 28.7 Å². The quantitative estimate of drug-likeness (QED) is 0.732. The van der Waals surface area contributed by atoms with Crippen molar-refractivity contribution in [3.63, 3.8) is 0 Å². The fourth-order valence-electron chi connectivity index (χ4n) is 2.11. The summed E-state index contributed by atoms with van der Waals surface area (Å²) >= 11 is 6.05.